The zero-order valence-electron chi connectivity index (χ0n) is 9.87. The lowest BCUT2D eigenvalue weighted by atomic mass is 10.0. The Balaban J connectivity index is 2.17. The molecule has 96 valence electrons. The molecule has 0 saturated carbocycles. The van der Waals surface area contributed by atoms with Gasteiger partial charge >= 0.3 is 0 Å². The Morgan fingerprint density at radius 1 is 1.39 bits per heavy atom. The highest BCUT2D eigenvalue weighted by Gasteiger charge is 2.22. The second-order valence-corrected chi connectivity index (χ2v) is 5.20. The molecule has 0 spiro atoms. The predicted molar refractivity (Wildman–Crippen MR) is 70.3 cm³/mol. The smallest absolute Gasteiger partial charge is 0.185 e. The maximum absolute atomic E-state index is 10.8. The summed E-state index contributed by atoms with van der Waals surface area (Å²) in [5, 5.41) is 20.6. The molecule has 18 heavy (non-hydrogen) atoms. The molecule has 4 nitrogen and oxygen atoms in total. The molecule has 2 rings (SSSR count). The van der Waals surface area contributed by atoms with Crippen LogP contribution < -0.4 is 0 Å². The van der Waals surface area contributed by atoms with E-state index in [0.717, 1.165) is 17.1 Å². The van der Waals surface area contributed by atoms with Crippen molar-refractivity contribution in [2.24, 2.45) is 0 Å². The topological polar surface area (TPSA) is 70.7 Å². The van der Waals surface area contributed by atoms with Gasteiger partial charge in [0.1, 0.15) is 11.7 Å². The molecule has 0 saturated heterocycles. The summed E-state index contributed by atoms with van der Waals surface area (Å²) in [6.45, 7) is 1.43. The van der Waals surface area contributed by atoms with Gasteiger partial charge < -0.3 is 14.6 Å². The second-order valence-electron chi connectivity index (χ2n) is 4.00. The fourth-order valence-corrected chi connectivity index (χ4v) is 2.32. The number of aliphatic hydroxyl groups is 2. The van der Waals surface area contributed by atoms with Crippen molar-refractivity contribution >= 4 is 27.8 Å². The molecule has 2 N–H and O–H groups in total. The summed E-state index contributed by atoms with van der Waals surface area (Å²) in [7, 11) is 0. The van der Waals surface area contributed by atoms with E-state index in [1.165, 1.54) is 13.2 Å². The number of fused-ring (bicyclic) bond motifs is 1. The maximum atomic E-state index is 10.8. The minimum Gasteiger partial charge on any atom is -0.464 e. The van der Waals surface area contributed by atoms with Crippen LogP contribution in [0.15, 0.2) is 34.9 Å². The van der Waals surface area contributed by atoms with Crippen LogP contribution in [0.4, 0.5) is 0 Å². The van der Waals surface area contributed by atoms with E-state index in [0.29, 0.717) is 11.1 Å². The first kappa shape index (κ1) is 13.1. The van der Waals surface area contributed by atoms with Gasteiger partial charge in [-0.15, -0.1) is 0 Å². The zero-order valence-corrected chi connectivity index (χ0v) is 10.7. The maximum Gasteiger partial charge on any atom is 0.185 e. The molecule has 1 aromatic carbocycles. The predicted octanol–water partition coefficient (Wildman–Crippen LogP) is 2.11. The number of hydrogen-bond donors (Lipinski definition) is 2. The van der Waals surface area contributed by atoms with E-state index in [1.807, 2.05) is 18.2 Å². The Morgan fingerprint density at radius 3 is 2.83 bits per heavy atom. The van der Waals surface area contributed by atoms with Crippen LogP contribution in [0.5, 0.6) is 0 Å². The lowest BCUT2D eigenvalue weighted by molar-refractivity contribution is -0.109. The Bertz CT molecular complexity index is 549. The summed E-state index contributed by atoms with van der Waals surface area (Å²) >= 11 is 0.991. The summed E-state index contributed by atoms with van der Waals surface area (Å²) < 4.78 is 5.30. The van der Waals surface area contributed by atoms with Gasteiger partial charge in [-0.1, -0.05) is 30.0 Å². The van der Waals surface area contributed by atoms with E-state index >= 15 is 0 Å². The highest BCUT2D eigenvalue weighted by Crippen LogP contribution is 2.29. The average molecular weight is 266 g/mol. The third-order valence-electron chi connectivity index (χ3n) is 2.65. The number of rotatable bonds is 4. The highest BCUT2D eigenvalue weighted by molar-refractivity contribution is 8.13. The van der Waals surface area contributed by atoms with Gasteiger partial charge in [0, 0.05) is 23.6 Å². The van der Waals surface area contributed by atoms with Crippen molar-refractivity contribution in [2.45, 2.75) is 19.1 Å². The van der Waals surface area contributed by atoms with Crippen LogP contribution in [-0.2, 0) is 4.79 Å². The molecule has 0 fully saturated rings. The van der Waals surface area contributed by atoms with Crippen molar-refractivity contribution in [3.63, 3.8) is 0 Å². The molecular formula is C13H14O4S. The molecule has 0 aliphatic heterocycles. The molecular weight excluding hydrogens is 252 g/mol. The first-order chi connectivity index (χ1) is 8.59. The molecule has 0 aliphatic carbocycles. The molecule has 1 aromatic heterocycles. The molecule has 2 aromatic rings. The van der Waals surface area contributed by atoms with Crippen LogP contribution in [0.2, 0.25) is 0 Å². The van der Waals surface area contributed by atoms with Crippen LogP contribution >= 0.6 is 11.8 Å². The van der Waals surface area contributed by atoms with Crippen LogP contribution in [0.1, 0.15) is 18.6 Å². The Kier molecular flexibility index (Phi) is 4.06. The lowest BCUT2D eigenvalue weighted by Crippen LogP contribution is -2.21. The van der Waals surface area contributed by atoms with Gasteiger partial charge in [-0.05, 0) is 6.07 Å². The van der Waals surface area contributed by atoms with Gasteiger partial charge in [-0.25, -0.2) is 0 Å². The first-order valence-electron chi connectivity index (χ1n) is 5.55. The van der Waals surface area contributed by atoms with E-state index in [-0.39, 0.29) is 10.9 Å². The molecule has 2 unspecified atom stereocenters. The Hall–Kier alpha value is -1.30. The molecule has 0 aliphatic rings. The molecule has 0 bridgehead atoms. The Morgan fingerprint density at radius 2 is 2.11 bits per heavy atom. The quantitative estimate of drug-likeness (QED) is 0.887. The number of carbonyl (C=O) groups excluding carboxylic acids is 1. The van der Waals surface area contributed by atoms with Crippen molar-refractivity contribution < 1.29 is 19.4 Å². The number of carbonyl (C=O) groups is 1. The summed E-state index contributed by atoms with van der Waals surface area (Å²) in [6.07, 6.45) is -0.614. The molecule has 1 heterocycles. The minimum atomic E-state index is -1.06. The van der Waals surface area contributed by atoms with E-state index < -0.39 is 12.2 Å². The van der Waals surface area contributed by atoms with Gasteiger partial charge in [0.05, 0.1) is 12.4 Å². The molecule has 0 amide bonds. The monoisotopic (exact) mass is 266 g/mol. The SMILES string of the molecule is CC(=O)SCC(O)C(O)c1coc2ccccc12. The number of aliphatic hydroxyl groups excluding tert-OH is 2. The van der Waals surface area contributed by atoms with Gasteiger partial charge in [-0.3, -0.25) is 4.79 Å². The number of benzene rings is 1. The standard InChI is InChI=1S/C13H14O4S/c1-8(14)18-7-11(15)13(16)10-6-17-12-5-3-2-4-9(10)12/h2-6,11,13,15-16H,7H2,1H3. The van der Waals surface area contributed by atoms with E-state index in [9.17, 15) is 15.0 Å². The van der Waals surface area contributed by atoms with Gasteiger partial charge in [0.25, 0.3) is 0 Å². The first-order valence-corrected chi connectivity index (χ1v) is 6.54. The second kappa shape index (κ2) is 5.56. The lowest BCUT2D eigenvalue weighted by Gasteiger charge is -2.15. The van der Waals surface area contributed by atoms with Gasteiger partial charge in [-0.2, -0.15) is 0 Å². The van der Waals surface area contributed by atoms with E-state index in [2.05, 4.69) is 0 Å². The van der Waals surface area contributed by atoms with Crippen molar-refractivity contribution in [3.05, 3.63) is 36.1 Å². The summed E-state index contributed by atoms with van der Waals surface area (Å²) in [4.78, 5) is 10.8. The van der Waals surface area contributed by atoms with Crippen LogP contribution in [0.25, 0.3) is 11.0 Å². The molecule has 0 radical (unpaired) electrons. The normalized spacial score (nSPS) is 14.6. The zero-order chi connectivity index (χ0) is 13.1. The third kappa shape index (κ3) is 2.75. The summed E-state index contributed by atoms with van der Waals surface area (Å²) in [5.74, 6) is 0.163. The van der Waals surface area contributed by atoms with Crippen molar-refractivity contribution in [1.29, 1.82) is 0 Å². The van der Waals surface area contributed by atoms with Crippen LogP contribution in [-0.4, -0.2) is 27.2 Å². The third-order valence-corrected chi connectivity index (χ3v) is 3.57. The fraction of sp³-hybridized carbons (Fsp3) is 0.308. The number of furan rings is 1. The summed E-state index contributed by atoms with van der Waals surface area (Å²) in [5.41, 5.74) is 1.21. The molecule has 2 atom stereocenters. The van der Waals surface area contributed by atoms with Gasteiger partial charge in [0.15, 0.2) is 5.12 Å². The number of hydrogen-bond acceptors (Lipinski definition) is 5. The van der Waals surface area contributed by atoms with Crippen molar-refractivity contribution in [1.82, 2.24) is 0 Å². The van der Waals surface area contributed by atoms with Crippen LogP contribution in [0.3, 0.4) is 0 Å². The van der Waals surface area contributed by atoms with Crippen LogP contribution in [0, 0.1) is 0 Å². The summed E-state index contributed by atoms with van der Waals surface area (Å²) in [6, 6.07) is 7.29. The minimum absolute atomic E-state index is 0.0849. The molecule has 5 heteroatoms. The van der Waals surface area contributed by atoms with E-state index in [4.69, 9.17) is 4.42 Å². The Labute approximate surface area is 109 Å². The number of para-hydroxylation sites is 1. The van der Waals surface area contributed by atoms with Crippen molar-refractivity contribution in [2.75, 3.05) is 5.75 Å². The largest absolute Gasteiger partial charge is 0.464 e. The fourth-order valence-electron chi connectivity index (χ4n) is 1.73. The highest BCUT2D eigenvalue weighted by atomic mass is 32.2. The van der Waals surface area contributed by atoms with E-state index in [1.54, 1.807) is 6.07 Å². The van der Waals surface area contributed by atoms with Crippen molar-refractivity contribution in [3.8, 4) is 0 Å². The van der Waals surface area contributed by atoms with Gasteiger partial charge in [0.2, 0.25) is 0 Å². The number of thioether (sulfide) groups is 1. The average Bonchev–Trinajstić information content (AvgIpc) is 2.78.